The number of hydrogen-bond acceptors (Lipinski definition) is 5. The first-order valence-corrected chi connectivity index (χ1v) is 11.6. The fraction of sp³-hybridized carbons (Fsp3) is 0.136. The predicted molar refractivity (Wildman–Crippen MR) is 127 cm³/mol. The molecule has 4 rings (SSSR count). The Morgan fingerprint density at radius 1 is 1.19 bits per heavy atom. The molecule has 0 radical (unpaired) electrons. The molecule has 31 heavy (non-hydrogen) atoms. The monoisotopic (exact) mass is 516 g/mol. The molecule has 0 aliphatic heterocycles. The molecule has 0 unspecified atom stereocenters. The lowest BCUT2D eigenvalue weighted by molar-refractivity contribution is -0.113. The van der Waals surface area contributed by atoms with E-state index in [1.54, 1.807) is 6.26 Å². The van der Waals surface area contributed by atoms with E-state index in [1.165, 1.54) is 11.8 Å². The second-order valence-electron chi connectivity index (χ2n) is 6.78. The van der Waals surface area contributed by atoms with Crippen molar-refractivity contribution in [2.24, 2.45) is 0 Å². The van der Waals surface area contributed by atoms with Crippen LogP contribution in [0.25, 0.3) is 11.4 Å². The zero-order chi connectivity index (χ0) is 21.8. The molecule has 0 saturated heterocycles. The minimum Gasteiger partial charge on any atom is -0.467 e. The largest absolute Gasteiger partial charge is 0.467 e. The first-order chi connectivity index (χ1) is 15.0. The van der Waals surface area contributed by atoms with Crippen molar-refractivity contribution in [1.29, 1.82) is 0 Å². The van der Waals surface area contributed by atoms with Crippen LogP contribution >= 0.6 is 39.3 Å². The lowest BCUT2D eigenvalue weighted by Crippen LogP contribution is -2.15. The van der Waals surface area contributed by atoms with Gasteiger partial charge in [-0.3, -0.25) is 9.36 Å². The van der Waals surface area contributed by atoms with Crippen LogP contribution < -0.4 is 5.32 Å². The molecule has 0 aliphatic rings. The number of aromatic nitrogens is 3. The smallest absolute Gasteiger partial charge is 0.234 e. The molecule has 0 atom stereocenters. The number of aryl methyl sites for hydroxylation is 1. The number of carbonyl (C=O) groups is 1. The van der Waals surface area contributed by atoms with E-state index in [0.717, 1.165) is 27.0 Å². The molecule has 2 aromatic carbocycles. The fourth-order valence-electron chi connectivity index (χ4n) is 3.02. The average molecular weight is 518 g/mol. The van der Waals surface area contributed by atoms with Crippen molar-refractivity contribution in [2.45, 2.75) is 18.6 Å². The van der Waals surface area contributed by atoms with E-state index >= 15 is 0 Å². The Bertz CT molecular complexity index is 1210. The van der Waals surface area contributed by atoms with Crippen LogP contribution in [0.1, 0.15) is 11.3 Å². The summed E-state index contributed by atoms with van der Waals surface area (Å²) in [6.45, 7) is 2.39. The molecule has 2 aromatic heterocycles. The Kier molecular flexibility index (Phi) is 6.80. The summed E-state index contributed by atoms with van der Waals surface area (Å²) >= 11 is 10.9. The molecule has 0 saturated carbocycles. The van der Waals surface area contributed by atoms with Gasteiger partial charge in [-0.1, -0.05) is 51.4 Å². The Labute approximate surface area is 197 Å². The number of benzene rings is 2. The normalized spacial score (nSPS) is 10.9. The van der Waals surface area contributed by atoms with Crippen molar-refractivity contribution in [3.05, 3.63) is 81.7 Å². The SMILES string of the molecule is Cc1cc(Br)ccc1NC(=O)CSc1nnc(-c2cccc(Cl)c2)n1Cc1ccco1. The number of thioether (sulfide) groups is 1. The number of nitrogens with one attached hydrogen (secondary N) is 1. The molecule has 0 aliphatic carbocycles. The van der Waals surface area contributed by atoms with Crippen molar-refractivity contribution < 1.29 is 9.21 Å². The van der Waals surface area contributed by atoms with Crippen molar-refractivity contribution in [2.75, 3.05) is 11.1 Å². The summed E-state index contributed by atoms with van der Waals surface area (Å²) in [5.41, 5.74) is 2.61. The summed E-state index contributed by atoms with van der Waals surface area (Å²) in [5.74, 6) is 1.50. The molecule has 158 valence electrons. The maximum absolute atomic E-state index is 12.5. The van der Waals surface area contributed by atoms with Gasteiger partial charge < -0.3 is 9.73 Å². The number of nitrogens with zero attached hydrogens (tertiary/aromatic N) is 3. The van der Waals surface area contributed by atoms with Gasteiger partial charge in [0.1, 0.15) is 5.76 Å². The molecule has 1 amide bonds. The van der Waals surface area contributed by atoms with Gasteiger partial charge in [-0.2, -0.15) is 0 Å². The van der Waals surface area contributed by atoms with Gasteiger partial charge in [-0.05, 0) is 55.0 Å². The zero-order valence-electron chi connectivity index (χ0n) is 16.5. The maximum Gasteiger partial charge on any atom is 0.234 e. The molecule has 6 nitrogen and oxygen atoms in total. The van der Waals surface area contributed by atoms with Gasteiger partial charge in [0, 0.05) is 20.7 Å². The number of halogens is 2. The fourth-order valence-corrected chi connectivity index (χ4v) is 4.42. The predicted octanol–water partition coefficient (Wildman–Crippen LogP) is 6.04. The number of anilines is 1. The van der Waals surface area contributed by atoms with E-state index in [0.29, 0.717) is 22.5 Å². The highest BCUT2D eigenvalue weighted by Gasteiger charge is 2.17. The quantitative estimate of drug-likeness (QED) is 0.303. The van der Waals surface area contributed by atoms with Crippen LogP contribution in [-0.2, 0) is 11.3 Å². The van der Waals surface area contributed by atoms with E-state index < -0.39 is 0 Å². The first-order valence-electron chi connectivity index (χ1n) is 9.40. The van der Waals surface area contributed by atoms with Gasteiger partial charge in [0.05, 0.1) is 18.6 Å². The second kappa shape index (κ2) is 9.72. The molecular formula is C22H18BrClN4O2S. The standard InChI is InChI=1S/C22H18BrClN4O2S/c1-14-10-16(23)7-8-19(14)25-20(29)13-31-22-27-26-21(15-4-2-5-17(24)11-15)28(22)12-18-6-3-9-30-18/h2-11H,12-13H2,1H3,(H,25,29). The van der Waals surface area contributed by atoms with Crippen LogP contribution in [0.3, 0.4) is 0 Å². The van der Waals surface area contributed by atoms with Crippen LogP contribution in [0.5, 0.6) is 0 Å². The Morgan fingerprint density at radius 3 is 2.81 bits per heavy atom. The van der Waals surface area contributed by atoms with Gasteiger partial charge in [0.15, 0.2) is 11.0 Å². The number of hydrogen-bond donors (Lipinski definition) is 1. The van der Waals surface area contributed by atoms with Crippen molar-refractivity contribution in [1.82, 2.24) is 14.8 Å². The number of carbonyl (C=O) groups excluding carboxylic acids is 1. The van der Waals surface area contributed by atoms with Crippen LogP contribution in [0.15, 0.2) is 74.9 Å². The van der Waals surface area contributed by atoms with Gasteiger partial charge in [0.25, 0.3) is 0 Å². The van der Waals surface area contributed by atoms with Crippen LogP contribution in [0.2, 0.25) is 5.02 Å². The minimum absolute atomic E-state index is 0.118. The first kappa shape index (κ1) is 21.7. The van der Waals surface area contributed by atoms with Crippen molar-refractivity contribution >= 4 is 50.9 Å². The third-order valence-electron chi connectivity index (χ3n) is 4.49. The second-order valence-corrected chi connectivity index (χ2v) is 9.07. The summed E-state index contributed by atoms with van der Waals surface area (Å²) in [4.78, 5) is 12.5. The molecule has 4 aromatic rings. The van der Waals surface area contributed by atoms with Gasteiger partial charge in [-0.15, -0.1) is 10.2 Å². The third-order valence-corrected chi connectivity index (χ3v) is 6.18. The highest BCUT2D eigenvalue weighted by molar-refractivity contribution is 9.10. The molecule has 0 bridgehead atoms. The van der Waals surface area contributed by atoms with Gasteiger partial charge in [0.2, 0.25) is 5.91 Å². The maximum atomic E-state index is 12.5. The molecule has 0 fully saturated rings. The lowest BCUT2D eigenvalue weighted by Gasteiger charge is -2.10. The number of amides is 1. The Balaban J connectivity index is 1.54. The van der Waals surface area contributed by atoms with E-state index in [-0.39, 0.29) is 11.7 Å². The molecule has 0 spiro atoms. The van der Waals surface area contributed by atoms with Crippen LogP contribution in [0.4, 0.5) is 5.69 Å². The van der Waals surface area contributed by atoms with Crippen LogP contribution in [0, 0.1) is 6.92 Å². The van der Waals surface area contributed by atoms with Crippen LogP contribution in [-0.4, -0.2) is 26.4 Å². The summed E-state index contributed by atoms with van der Waals surface area (Å²) in [7, 11) is 0. The highest BCUT2D eigenvalue weighted by Crippen LogP contribution is 2.27. The number of rotatable bonds is 7. The Hall–Kier alpha value is -2.55. The summed E-state index contributed by atoms with van der Waals surface area (Å²) in [6, 6.07) is 16.9. The molecule has 2 heterocycles. The van der Waals surface area contributed by atoms with Crippen molar-refractivity contribution in [3.8, 4) is 11.4 Å². The summed E-state index contributed by atoms with van der Waals surface area (Å²) in [6.07, 6.45) is 1.62. The third kappa shape index (κ3) is 5.39. The van der Waals surface area contributed by atoms with Gasteiger partial charge >= 0.3 is 0 Å². The summed E-state index contributed by atoms with van der Waals surface area (Å²) < 4.78 is 8.40. The Morgan fingerprint density at radius 2 is 2.06 bits per heavy atom. The zero-order valence-corrected chi connectivity index (χ0v) is 19.7. The van der Waals surface area contributed by atoms with E-state index in [1.807, 2.05) is 66.1 Å². The van der Waals surface area contributed by atoms with E-state index in [4.69, 9.17) is 16.0 Å². The molecule has 9 heteroatoms. The highest BCUT2D eigenvalue weighted by atomic mass is 79.9. The van der Waals surface area contributed by atoms with E-state index in [9.17, 15) is 4.79 Å². The summed E-state index contributed by atoms with van der Waals surface area (Å²) in [5, 5.41) is 12.8. The lowest BCUT2D eigenvalue weighted by atomic mass is 10.2. The average Bonchev–Trinajstić information content (AvgIpc) is 3.39. The minimum atomic E-state index is -0.118. The topological polar surface area (TPSA) is 73.0 Å². The van der Waals surface area contributed by atoms with Crippen molar-refractivity contribution in [3.63, 3.8) is 0 Å². The number of furan rings is 1. The molecular weight excluding hydrogens is 500 g/mol. The van der Waals surface area contributed by atoms with E-state index in [2.05, 4.69) is 31.4 Å². The molecule has 1 N–H and O–H groups in total. The van der Waals surface area contributed by atoms with Gasteiger partial charge in [-0.25, -0.2) is 0 Å².